The molecule has 0 aliphatic rings. The van der Waals surface area contributed by atoms with Crippen LogP contribution in [-0.4, -0.2) is 59.2 Å². The van der Waals surface area contributed by atoms with Crippen molar-refractivity contribution in [2.45, 2.75) is 37.8 Å². The van der Waals surface area contributed by atoms with Crippen LogP contribution in [0.3, 0.4) is 0 Å². The Morgan fingerprint density at radius 1 is 0.760 bits per heavy atom. The molecule has 1 radical (unpaired) electrons. The Balaban J connectivity index is -0.000000372. The first-order valence-electron chi connectivity index (χ1n) is 7.15. The average Bonchev–Trinajstić information content (AvgIpc) is 2.47. The Morgan fingerprint density at radius 3 is 1.24 bits per heavy atom. The number of carboxylic acids is 2. The molecule has 14 N–H and O–H groups in total. The van der Waals surface area contributed by atoms with E-state index in [2.05, 4.69) is 9.98 Å². The van der Waals surface area contributed by atoms with E-state index in [1.807, 2.05) is 0 Å². The van der Waals surface area contributed by atoms with Crippen molar-refractivity contribution in [1.29, 1.82) is 0 Å². The molecule has 2 atom stereocenters. The molecule has 0 aromatic heterocycles. The van der Waals surface area contributed by atoms with Crippen molar-refractivity contribution in [3.8, 4) is 0 Å². The summed E-state index contributed by atoms with van der Waals surface area (Å²) in [6.45, 7) is 0.840. The number of hydrogen-bond donors (Lipinski definition) is 8. The number of nitrogens with two attached hydrogens (primary N) is 6. The van der Waals surface area contributed by atoms with Crippen molar-refractivity contribution in [3.05, 3.63) is 0 Å². The minimum Gasteiger partial charge on any atom is -0.480 e. The van der Waals surface area contributed by atoms with Crippen molar-refractivity contribution in [1.82, 2.24) is 0 Å². The molecular weight excluding hydrogens is 384 g/mol. The van der Waals surface area contributed by atoms with Crippen molar-refractivity contribution in [3.63, 3.8) is 0 Å². The van der Waals surface area contributed by atoms with Crippen LogP contribution in [0.1, 0.15) is 25.7 Å². The Labute approximate surface area is 156 Å². The molecule has 0 fully saturated rings. The minimum absolute atomic E-state index is 0. The quantitative estimate of drug-likeness (QED) is 0.0776. The molecule has 0 saturated heterocycles. The molecule has 0 bridgehead atoms. The number of aliphatic imine (C=N–C) groups is 2. The van der Waals surface area contributed by atoms with E-state index < -0.39 is 24.0 Å². The van der Waals surface area contributed by atoms with E-state index in [0.29, 0.717) is 38.8 Å². The Hall–Kier alpha value is -2.08. The van der Waals surface area contributed by atoms with Gasteiger partial charge in [-0.3, -0.25) is 19.6 Å². The van der Waals surface area contributed by atoms with E-state index in [4.69, 9.17) is 44.6 Å². The summed E-state index contributed by atoms with van der Waals surface area (Å²) in [5.41, 5.74) is 30.6. The van der Waals surface area contributed by atoms with Crippen molar-refractivity contribution in [2.75, 3.05) is 13.1 Å². The van der Waals surface area contributed by atoms with Crippen LogP contribution in [0.5, 0.6) is 0 Å². The van der Waals surface area contributed by atoms with E-state index in [1.54, 1.807) is 0 Å². The fourth-order valence-corrected chi connectivity index (χ4v) is 1.29. The molecule has 0 spiro atoms. The summed E-state index contributed by atoms with van der Waals surface area (Å²) in [6.07, 6.45) is 1.91. The van der Waals surface area contributed by atoms with Gasteiger partial charge >= 0.3 is 11.9 Å². The summed E-state index contributed by atoms with van der Waals surface area (Å²) < 4.78 is 0. The van der Waals surface area contributed by atoms with E-state index in [9.17, 15) is 9.59 Å². The summed E-state index contributed by atoms with van der Waals surface area (Å²) in [4.78, 5) is 27.8. The van der Waals surface area contributed by atoms with Crippen LogP contribution in [-0.2, 0) is 26.7 Å². The van der Waals surface area contributed by atoms with Gasteiger partial charge < -0.3 is 44.6 Å². The number of carboxylic acid groups (broad SMARTS) is 2. The summed E-state index contributed by atoms with van der Waals surface area (Å²) in [6, 6.07) is -1.64. The van der Waals surface area contributed by atoms with Gasteiger partial charge in [0.25, 0.3) is 0 Å². The van der Waals surface area contributed by atoms with Crippen LogP contribution in [0.25, 0.3) is 0 Å². The third-order valence-corrected chi connectivity index (χ3v) is 2.57. The van der Waals surface area contributed by atoms with Gasteiger partial charge in [0.05, 0.1) is 0 Å². The van der Waals surface area contributed by atoms with Gasteiger partial charge in [0, 0.05) is 30.2 Å². The third kappa shape index (κ3) is 21.9. The number of hydrogen-bond acceptors (Lipinski definition) is 6. The number of nitrogens with zero attached hydrogens (tertiary/aromatic N) is 2. The van der Waals surface area contributed by atoms with Gasteiger partial charge in [-0.05, 0) is 25.7 Å². The minimum atomic E-state index is -1.00. The van der Waals surface area contributed by atoms with E-state index in [-0.39, 0.29) is 29.0 Å². The van der Waals surface area contributed by atoms with Crippen molar-refractivity contribution < 1.29 is 36.9 Å². The molecule has 0 aliphatic carbocycles. The zero-order valence-corrected chi connectivity index (χ0v) is 14.7. The summed E-state index contributed by atoms with van der Waals surface area (Å²) in [5, 5.41) is 16.8. The fraction of sp³-hybridized carbons (Fsp3) is 0.667. The van der Waals surface area contributed by atoms with Crippen LogP contribution in [0.4, 0.5) is 0 Å². The van der Waals surface area contributed by atoms with E-state index in [1.165, 1.54) is 0 Å². The van der Waals surface area contributed by atoms with Gasteiger partial charge in [-0.1, -0.05) is 0 Å². The SMILES string of the molecule is NC(N)=NCCC[C@H](N)C(=O)O.NC(N)=NCCC[C@H](N)C(=O)O.[Cu]. The Kier molecular flexibility index (Phi) is 18.6. The standard InChI is InChI=1S/2C6H14N4O2.Cu/c2*7-4(5(11)12)2-1-3-10-6(8)9;/h2*4H,1-3,7H2,(H,11,12)(H4,8,9,10);/t2*4-;/m00./s1. The maximum Gasteiger partial charge on any atom is 0.320 e. The Bertz CT molecular complexity index is 399. The molecule has 0 aliphatic heterocycles. The predicted molar refractivity (Wildman–Crippen MR) is 91.0 cm³/mol. The number of carbonyl (C=O) groups is 2. The number of aliphatic carboxylic acids is 2. The molecule has 12 nitrogen and oxygen atoms in total. The van der Waals surface area contributed by atoms with Crippen LogP contribution < -0.4 is 34.4 Å². The summed E-state index contributed by atoms with van der Waals surface area (Å²) in [7, 11) is 0. The second-order valence-electron chi connectivity index (χ2n) is 4.79. The Morgan fingerprint density at radius 2 is 1.04 bits per heavy atom. The van der Waals surface area contributed by atoms with Crippen LogP contribution in [0, 0.1) is 0 Å². The molecule has 0 rings (SSSR count). The van der Waals surface area contributed by atoms with Crippen molar-refractivity contribution >= 4 is 23.9 Å². The van der Waals surface area contributed by atoms with Crippen LogP contribution in [0.15, 0.2) is 9.98 Å². The van der Waals surface area contributed by atoms with Gasteiger partial charge in [0.15, 0.2) is 11.9 Å². The summed E-state index contributed by atoms with van der Waals surface area (Å²) in [5.74, 6) is -1.97. The first-order valence-corrected chi connectivity index (χ1v) is 7.15. The largest absolute Gasteiger partial charge is 0.480 e. The molecule has 13 heteroatoms. The van der Waals surface area contributed by atoms with Gasteiger partial charge in [-0.2, -0.15) is 0 Å². The second-order valence-corrected chi connectivity index (χ2v) is 4.79. The molecule has 0 aromatic rings. The molecule has 151 valence electrons. The molecule has 25 heavy (non-hydrogen) atoms. The predicted octanol–water partition coefficient (Wildman–Crippen LogP) is -3.10. The fourth-order valence-electron chi connectivity index (χ4n) is 1.29. The summed E-state index contributed by atoms with van der Waals surface area (Å²) >= 11 is 0. The van der Waals surface area contributed by atoms with Gasteiger partial charge in [-0.15, -0.1) is 0 Å². The topological polar surface area (TPSA) is 255 Å². The first-order chi connectivity index (χ1) is 11.1. The van der Waals surface area contributed by atoms with Crippen LogP contribution in [0.2, 0.25) is 0 Å². The molecule has 0 heterocycles. The second kappa shape index (κ2) is 16.8. The number of guanidine groups is 2. The number of rotatable bonds is 10. The molecule has 0 unspecified atom stereocenters. The monoisotopic (exact) mass is 411 g/mol. The maximum absolute atomic E-state index is 10.2. The zero-order chi connectivity index (χ0) is 19.1. The third-order valence-electron chi connectivity index (χ3n) is 2.57. The van der Waals surface area contributed by atoms with E-state index in [0.717, 1.165) is 0 Å². The maximum atomic E-state index is 10.2. The van der Waals surface area contributed by atoms with Crippen molar-refractivity contribution in [2.24, 2.45) is 44.4 Å². The van der Waals surface area contributed by atoms with Gasteiger partial charge in [-0.25, -0.2) is 0 Å². The van der Waals surface area contributed by atoms with Crippen LogP contribution >= 0.6 is 0 Å². The normalized spacial score (nSPS) is 11.6. The van der Waals surface area contributed by atoms with Gasteiger partial charge in [0.1, 0.15) is 12.1 Å². The molecular formula is C12H28CuN8O4. The molecule has 0 saturated carbocycles. The average molecular weight is 412 g/mol. The van der Waals surface area contributed by atoms with E-state index >= 15 is 0 Å². The molecule has 0 amide bonds. The first kappa shape index (κ1) is 27.8. The van der Waals surface area contributed by atoms with Gasteiger partial charge in [0.2, 0.25) is 0 Å². The smallest absolute Gasteiger partial charge is 0.320 e. The molecule has 0 aromatic carbocycles. The zero-order valence-electron chi connectivity index (χ0n) is 13.8.